The summed E-state index contributed by atoms with van der Waals surface area (Å²) in [4.78, 5) is 0. The Balaban J connectivity index is 1.86. The third kappa shape index (κ3) is 2.80. The number of aryl methyl sites for hydroxylation is 1. The fourth-order valence-electron chi connectivity index (χ4n) is 2.93. The van der Waals surface area contributed by atoms with Crippen LogP contribution in [0.2, 0.25) is 0 Å². The second-order valence-corrected chi connectivity index (χ2v) is 5.95. The van der Waals surface area contributed by atoms with Crippen molar-refractivity contribution in [3.05, 3.63) is 47.2 Å². The lowest BCUT2D eigenvalue weighted by molar-refractivity contribution is 0.473. The Kier molecular flexibility index (Phi) is 3.93. The van der Waals surface area contributed by atoms with Crippen molar-refractivity contribution in [2.45, 2.75) is 52.1 Å². The summed E-state index contributed by atoms with van der Waals surface area (Å²) in [6.45, 7) is 5.10. The average molecular weight is 269 g/mol. The summed E-state index contributed by atoms with van der Waals surface area (Å²) in [5.41, 5.74) is 4.29. The smallest absolute Gasteiger partial charge is 0.134 e. The molecule has 1 heterocycles. The SMILES string of the molecule is CC(C)NCc1ccc(-c2cccc3c2CCCC3)o1. The molecule has 2 nitrogen and oxygen atoms in total. The minimum absolute atomic E-state index is 0.480. The van der Waals surface area contributed by atoms with Gasteiger partial charge in [0.1, 0.15) is 11.5 Å². The minimum atomic E-state index is 0.480. The summed E-state index contributed by atoms with van der Waals surface area (Å²) in [7, 11) is 0. The highest BCUT2D eigenvalue weighted by molar-refractivity contribution is 5.64. The molecule has 1 aliphatic rings. The van der Waals surface area contributed by atoms with Crippen molar-refractivity contribution in [1.29, 1.82) is 0 Å². The standard InChI is InChI=1S/C18H23NO/c1-13(2)19-12-15-10-11-18(20-15)17-9-5-7-14-6-3-4-8-16(14)17/h5,7,9-11,13,19H,3-4,6,8,12H2,1-2H3. The van der Waals surface area contributed by atoms with Crippen LogP contribution < -0.4 is 5.32 Å². The molecule has 2 heteroatoms. The molecule has 0 bridgehead atoms. The number of hydrogen-bond donors (Lipinski definition) is 1. The summed E-state index contributed by atoms with van der Waals surface area (Å²) < 4.78 is 6.02. The van der Waals surface area contributed by atoms with E-state index in [0.29, 0.717) is 6.04 Å². The van der Waals surface area contributed by atoms with Crippen LogP contribution in [0.4, 0.5) is 0 Å². The van der Waals surface area contributed by atoms with Crippen LogP contribution in [0.1, 0.15) is 43.6 Å². The maximum absolute atomic E-state index is 6.02. The zero-order chi connectivity index (χ0) is 13.9. The lowest BCUT2D eigenvalue weighted by Crippen LogP contribution is -2.21. The zero-order valence-corrected chi connectivity index (χ0v) is 12.4. The van der Waals surface area contributed by atoms with Crippen molar-refractivity contribution in [2.24, 2.45) is 0 Å². The first-order chi connectivity index (χ1) is 9.74. The van der Waals surface area contributed by atoms with Gasteiger partial charge in [0.25, 0.3) is 0 Å². The van der Waals surface area contributed by atoms with Crippen LogP contribution in [0, 0.1) is 0 Å². The van der Waals surface area contributed by atoms with Crippen molar-refractivity contribution in [3.8, 4) is 11.3 Å². The fraction of sp³-hybridized carbons (Fsp3) is 0.444. The third-order valence-electron chi connectivity index (χ3n) is 4.01. The number of benzene rings is 1. The van der Waals surface area contributed by atoms with Gasteiger partial charge in [0.15, 0.2) is 0 Å². The van der Waals surface area contributed by atoms with Gasteiger partial charge in [-0.2, -0.15) is 0 Å². The first kappa shape index (κ1) is 13.4. The van der Waals surface area contributed by atoms with Gasteiger partial charge in [0, 0.05) is 11.6 Å². The van der Waals surface area contributed by atoms with Crippen LogP contribution in [-0.4, -0.2) is 6.04 Å². The van der Waals surface area contributed by atoms with Gasteiger partial charge in [-0.15, -0.1) is 0 Å². The summed E-state index contributed by atoms with van der Waals surface area (Å²) in [6, 6.07) is 11.3. The number of furan rings is 1. The van der Waals surface area contributed by atoms with Crippen molar-refractivity contribution in [3.63, 3.8) is 0 Å². The number of nitrogens with one attached hydrogen (secondary N) is 1. The summed E-state index contributed by atoms with van der Waals surface area (Å²) in [5, 5.41) is 3.40. The Morgan fingerprint density at radius 2 is 1.95 bits per heavy atom. The number of rotatable bonds is 4. The van der Waals surface area contributed by atoms with E-state index in [0.717, 1.165) is 18.1 Å². The van der Waals surface area contributed by atoms with E-state index in [1.54, 1.807) is 0 Å². The summed E-state index contributed by atoms with van der Waals surface area (Å²) in [6.07, 6.45) is 5.02. The zero-order valence-electron chi connectivity index (χ0n) is 12.4. The topological polar surface area (TPSA) is 25.2 Å². The Labute approximate surface area is 121 Å². The van der Waals surface area contributed by atoms with E-state index >= 15 is 0 Å². The van der Waals surface area contributed by atoms with Crippen molar-refractivity contribution < 1.29 is 4.42 Å². The van der Waals surface area contributed by atoms with Gasteiger partial charge < -0.3 is 9.73 Å². The fourth-order valence-corrected chi connectivity index (χ4v) is 2.93. The van der Waals surface area contributed by atoms with Crippen LogP contribution >= 0.6 is 0 Å². The number of fused-ring (bicyclic) bond motifs is 1. The molecular weight excluding hydrogens is 246 g/mol. The lowest BCUT2D eigenvalue weighted by atomic mass is 9.87. The predicted octanol–water partition coefficient (Wildman–Crippen LogP) is 4.32. The molecule has 2 aromatic rings. The van der Waals surface area contributed by atoms with Crippen LogP contribution in [0.3, 0.4) is 0 Å². The molecule has 1 aliphatic carbocycles. The minimum Gasteiger partial charge on any atom is -0.460 e. The maximum atomic E-state index is 6.02. The van der Waals surface area contributed by atoms with E-state index in [4.69, 9.17) is 4.42 Å². The predicted molar refractivity (Wildman–Crippen MR) is 82.8 cm³/mol. The molecule has 0 radical (unpaired) electrons. The molecule has 0 saturated heterocycles. The second-order valence-electron chi connectivity index (χ2n) is 5.95. The van der Waals surface area contributed by atoms with Crippen LogP contribution in [0.5, 0.6) is 0 Å². The van der Waals surface area contributed by atoms with E-state index in [2.05, 4.69) is 49.5 Å². The molecule has 20 heavy (non-hydrogen) atoms. The third-order valence-corrected chi connectivity index (χ3v) is 4.01. The monoisotopic (exact) mass is 269 g/mol. The quantitative estimate of drug-likeness (QED) is 0.894. The van der Waals surface area contributed by atoms with Crippen molar-refractivity contribution in [1.82, 2.24) is 5.32 Å². The Morgan fingerprint density at radius 1 is 1.10 bits per heavy atom. The molecule has 0 aliphatic heterocycles. The molecule has 0 fully saturated rings. The molecule has 0 atom stereocenters. The van der Waals surface area contributed by atoms with E-state index in [9.17, 15) is 0 Å². The van der Waals surface area contributed by atoms with Gasteiger partial charge in [-0.3, -0.25) is 0 Å². The Bertz CT molecular complexity index is 583. The first-order valence-corrected chi connectivity index (χ1v) is 7.67. The molecule has 106 valence electrons. The molecule has 0 unspecified atom stereocenters. The van der Waals surface area contributed by atoms with Gasteiger partial charge in [-0.25, -0.2) is 0 Å². The molecule has 0 saturated carbocycles. The highest BCUT2D eigenvalue weighted by Gasteiger charge is 2.16. The summed E-state index contributed by atoms with van der Waals surface area (Å²) >= 11 is 0. The Morgan fingerprint density at radius 3 is 2.80 bits per heavy atom. The van der Waals surface area contributed by atoms with Crippen LogP contribution in [0.15, 0.2) is 34.7 Å². The van der Waals surface area contributed by atoms with E-state index in [1.807, 2.05) is 0 Å². The molecule has 1 aromatic carbocycles. The van der Waals surface area contributed by atoms with Gasteiger partial charge >= 0.3 is 0 Å². The van der Waals surface area contributed by atoms with Crippen molar-refractivity contribution in [2.75, 3.05) is 0 Å². The van der Waals surface area contributed by atoms with Gasteiger partial charge in [0.05, 0.1) is 6.54 Å². The van der Waals surface area contributed by atoms with Gasteiger partial charge in [-0.1, -0.05) is 32.0 Å². The second kappa shape index (κ2) is 5.84. The Hall–Kier alpha value is -1.54. The lowest BCUT2D eigenvalue weighted by Gasteiger charge is -2.18. The van der Waals surface area contributed by atoms with E-state index in [-0.39, 0.29) is 0 Å². The molecule has 0 spiro atoms. The van der Waals surface area contributed by atoms with E-state index < -0.39 is 0 Å². The highest BCUT2D eigenvalue weighted by atomic mass is 16.3. The first-order valence-electron chi connectivity index (χ1n) is 7.67. The van der Waals surface area contributed by atoms with E-state index in [1.165, 1.54) is 42.4 Å². The molecular formula is C18H23NO. The molecule has 1 aromatic heterocycles. The molecule has 1 N–H and O–H groups in total. The summed E-state index contributed by atoms with van der Waals surface area (Å²) in [5.74, 6) is 2.03. The highest BCUT2D eigenvalue weighted by Crippen LogP contribution is 2.32. The van der Waals surface area contributed by atoms with Crippen LogP contribution in [-0.2, 0) is 19.4 Å². The largest absolute Gasteiger partial charge is 0.460 e. The van der Waals surface area contributed by atoms with Gasteiger partial charge in [0.2, 0.25) is 0 Å². The maximum Gasteiger partial charge on any atom is 0.134 e. The normalized spacial score (nSPS) is 14.6. The average Bonchev–Trinajstić information content (AvgIpc) is 2.93. The number of hydrogen-bond acceptors (Lipinski definition) is 2. The van der Waals surface area contributed by atoms with Gasteiger partial charge in [-0.05, 0) is 48.9 Å². The molecule has 0 amide bonds. The van der Waals surface area contributed by atoms with Crippen LogP contribution in [0.25, 0.3) is 11.3 Å². The van der Waals surface area contributed by atoms with Crippen molar-refractivity contribution >= 4 is 0 Å². The molecule has 3 rings (SSSR count).